The Kier molecular flexibility index (Phi) is 1.62. The molecule has 0 radical (unpaired) electrons. The largest absolute Gasteiger partial charge is 0.511 e. The summed E-state index contributed by atoms with van der Waals surface area (Å²) in [5.74, 6) is -0.808. The van der Waals surface area contributed by atoms with E-state index < -0.39 is 12.0 Å². The van der Waals surface area contributed by atoms with Crippen LogP contribution in [0, 0.1) is 5.92 Å². The van der Waals surface area contributed by atoms with Crippen LogP contribution in [0.5, 0.6) is 0 Å². The number of aliphatic hydroxyl groups is 2. The monoisotopic (exact) mass is 179 g/mol. The summed E-state index contributed by atoms with van der Waals surface area (Å²) >= 11 is 0. The van der Waals surface area contributed by atoms with Gasteiger partial charge >= 0.3 is 0 Å². The highest BCUT2D eigenvalue weighted by Gasteiger charge is 2.36. The minimum absolute atomic E-state index is 0.00958. The molecule has 0 saturated carbocycles. The molecule has 0 fully saturated rings. The molecule has 1 aliphatic carbocycles. The van der Waals surface area contributed by atoms with Gasteiger partial charge < -0.3 is 15.5 Å². The molecule has 2 aliphatic rings. The molecule has 1 heterocycles. The van der Waals surface area contributed by atoms with Crippen LogP contribution in [0.4, 0.5) is 0 Å². The number of ketones is 1. The lowest BCUT2D eigenvalue weighted by Gasteiger charge is -2.29. The van der Waals surface area contributed by atoms with Crippen molar-refractivity contribution in [2.45, 2.75) is 6.04 Å². The van der Waals surface area contributed by atoms with E-state index >= 15 is 0 Å². The topological polar surface area (TPSA) is 69.6 Å². The third-order valence-corrected chi connectivity index (χ3v) is 2.23. The SMILES string of the molecule is O=C1C=CNC2C(O)=CC=C(O)C12. The molecule has 2 atom stereocenters. The summed E-state index contributed by atoms with van der Waals surface area (Å²) in [7, 11) is 0. The number of hydrogen-bond donors (Lipinski definition) is 3. The molecule has 4 heteroatoms. The predicted octanol–water partition coefficient (Wildman–Crippen LogP) is 0.555. The van der Waals surface area contributed by atoms with Crippen LogP contribution in [0.15, 0.2) is 35.9 Å². The molecule has 0 aromatic rings. The van der Waals surface area contributed by atoms with Gasteiger partial charge in [0.2, 0.25) is 0 Å². The van der Waals surface area contributed by atoms with Gasteiger partial charge in [-0.3, -0.25) is 4.79 Å². The molecule has 0 bridgehead atoms. The van der Waals surface area contributed by atoms with Crippen LogP contribution in [0.3, 0.4) is 0 Å². The molecule has 3 N–H and O–H groups in total. The van der Waals surface area contributed by atoms with Gasteiger partial charge in [-0.1, -0.05) is 0 Å². The Morgan fingerprint density at radius 2 is 1.92 bits per heavy atom. The molecule has 68 valence electrons. The number of fused-ring (bicyclic) bond motifs is 1. The molecular weight excluding hydrogens is 170 g/mol. The van der Waals surface area contributed by atoms with Crippen LogP contribution in [0.25, 0.3) is 0 Å². The third kappa shape index (κ3) is 1.11. The summed E-state index contributed by atoms with van der Waals surface area (Å²) < 4.78 is 0. The lowest BCUT2D eigenvalue weighted by Crippen LogP contribution is -2.44. The second-order valence-corrected chi connectivity index (χ2v) is 3.04. The van der Waals surface area contributed by atoms with E-state index in [-0.39, 0.29) is 17.3 Å². The lowest BCUT2D eigenvalue weighted by atomic mass is 9.86. The highest BCUT2D eigenvalue weighted by molar-refractivity contribution is 5.95. The molecule has 0 aromatic carbocycles. The lowest BCUT2D eigenvalue weighted by molar-refractivity contribution is -0.119. The van der Waals surface area contributed by atoms with Crippen LogP contribution in [-0.2, 0) is 4.79 Å². The molecular formula is C9H9NO3. The maximum absolute atomic E-state index is 11.3. The van der Waals surface area contributed by atoms with E-state index in [1.165, 1.54) is 24.4 Å². The Labute approximate surface area is 74.9 Å². The zero-order valence-corrected chi connectivity index (χ0v) is 6.77. The number of nitrogens with one attached hydrogen (secondary N) is 1. The average Bonchev–Trinajstić information content (AvgIpc) is 2.12. The van der Waals surface area contributed by atoms with E-state index in [4.69, 9.17) is 0 Å². The van der Waals surface area contributed by atoms with E-state index in [0.717, 1.165) is 0 Å². The third-order valence-electron chi connectivity index (χ3n) is 2.23. The normalized spacial score (nSPS) is 31.5. The minimum atomic E-state index is -0.671. The van der Waals surface area contributed by atoms with Crippen molar-refractivity contribution in [3.05, 3.63) is 35.9 Å². The van der Waals surface area contributed by atoms with Crippen molar-refractivity contribution in [1.29, 1.82) is 0 Å². The van der Waals surface area contributed by atoms with E-state index in [9.17, 15) is 15.0 Å². The molecule has 0 amide bonds. The smallest absolute Gasteiger partial charge is 0.170 e. The first-order valence-electron chi connectivity index (χ1n) is 3.96. The maximum atomic E-state index is 11.3. The zero-order valence-electron chi connectivity index (χ0n) is 6.77. The van der Waals surface area contributed by atoms with Crippen LogP contribution in [0.2, 0.25) is 0 Å². The Hall–Kier alpha value is -1.71. The highest BCUT2D eigenvalue weighted by Crippen LogP contribution is 2.26. The van der Waals surface area contributed by atoms with Crippen molar-refractivity contribution < 1.29 is 15.0 Å². The molecule has 2 rings (SSSR count). The Bertz CT molecular complexity index is 341. The van der Waals surface area contributed by atoms with E-state index in [1.54, 1.807) is 0 Å². The van der Waals surface area contributed by atoms with E-state index in [2.05, 4.69) is 5.32 Å². The van der Waals surface area contributed by atoms with Gasteiger partial charge in [-0.2, -0.15) is 0 Å². The van der Waals surface area contributed by atoms with Crippen molar-refractivity contribution in [1.82, 2.24) is 5.32 Å². The maximum Gasteiger partial charge on any atom is 0.170 e. The van der Waals surface area contributed by atoms with Crippen LogP contribution in [0.1, 0.15) is 0 Å². The molecule has 13 heavy (non-hydrogen) atoms. The number of rotatable bonds is 0. The first-order chi connectivity index (χ1) is 6.20. The Balaban J connectivity index is 2.42. The van der Waals surface area contributed by atoms with Gasteiger partial charge in [0, 0.05) is 6.20 Å². The number of aliphatic hydroxyl groups excluding tert-OH is 2. The quantitative estimate of drug-likeness (QED) is 0.508. The summed E-state index contributed by atoms with van der Waals surface area (Å²) in [5, 5.41) is 21.6. The fourth-order valence-corrected chi connectivity index (χ4v) is 1.55. The summed E-state index contributed by atoms with van der Waals surface area (Å²) in [6, 6.07) is -0.512. The summed E-state index contributed by atoms with van der Waals surface area (Å²) in [6.07, 6.45) is 5.56. The van der Waals surface area contributed by atoms with E-state index in [1.807, 2.05) is 0 Å². The van der Waals surface area contributed by atoms with Crippen molar-refractivity contribution in [2.75, 3.05) is 0 Å². The molecule has 0 saturated heterocycles. The van der Waals surface area contributed by atoms with Crippen LogP contribution >= 0.6 is 0 Å². The zero-order chi connectivity index (χ0) is 9.42. The van der Waals surface area contributed by atoms with Gasteiger partial charge in [-0.15, -0.1) is 0 Å². The van der Waals surface area contributed by atoms with E-state index in [0.29, 0.717) is 0 Å². The van der Waals surface area contributed by atoms with Gasteiger partial charge in [0.15, 0.2) is 5.78 Å². The molecule has 4 nitrogen and oxygen atoms in total. The van der Waals surface area contributed by atoms with Crippen LogP contribution < -0.4 is 5.32 Å². The second kappa shape index (κ2) is 2.65. The number of hydrogen-bond acceptors (Lipinski definition) is 4. The highest BCUT2D eigenvalue weighted by atomic mass is 16.3. The first kappa shape index (κ1) is 7.91. The number of carbonyl (C=O) groups excluding carboxylic acids is 1. The Morgan fingerprint density at radius 3 is 2.62 bits per heavy atom. The van der Waals surface area contributed by atoms with Crippen molar-refractivity contribution in [2.24, 2.45) is 5.92 Å². The van der Waals surface area contributed by atoms with Gasteiger partial charge in [-0.25, -0.2) is 0 Å². The van der Waals surface area contributed by atoms with Gasteiger partial charge in [0.05, 0.1) is 0 Å². The number of carbonyl (C=O) groups is 1. The van der Waals surface area contributed by atoms with Gasteiger partial charge in [0.25, 0.3) is 0 Å². The summed E-state index contributed by atoms with van der Waals surface area (Å²) in [4.78, 5) is 11.3. The molecule has 0 aromatic heterocycles. The average molecular weight is 179 g/mol. The van der Waals surface area contributed by atoms with Gasteiger partial charge in [-0.05, 0) is 18.2 Å². The molecule has 0 spiro atoms. The van der Waals surface area contributed by atoms with Crippen LogP contribution in [-0.4, -0.2) is 22.0 Å². The minimum Gasteiger partial charge on any atom is -0.511 e. The van der Waals surface area contributed by atoms with Crippen molar-refractivity contribution in [3.8, 4) is 0 Å². The second-order valence-electron chi connectivity index (χ2n) is 3.04. The molecule has 1 aliphatic heterocycles. The summed E-state index contributed by atoms with van der Waals surface area (Å²) in [5.41, 5.74) is 0. The predicted molar refractivity (Wildman–Crippen MR) is 46.0 cm³/mol. The Morgan fingerprint density at radius 1 is 1.23 bits per heavy atom. The summed E-state index contributed by atoms with van der Waals surface area (Å²) in [6.45, 7) is 0. The fourth-order valence-electron chi connectivity index (χ4n) is 1.55. The molecule has 2 unspecified atom stereocenters. The van der Waals surface area contributed by atoms with Crippen molar-refractivity contribution >= 4 is 5.78 Å². The van der Waals surface area contributed by atoms with Crippen molar-refractivity contribution in [3.63, 3.8) is 0 Å². The van der Waals surface area contributed by atoms with Gasteiger partial charge in [0.1, 0.15) is 23.5 Å². The standard InChI is InChI=1S/C9H9NO3/c11-5-1-2-7(13)9-8(5)6(12)3-4-10-9/h1-4,8-11,13H. The fraction of sp³-hybridized carbons (Fsp3) is 0.222. The number of allylic oxidation sites excluding steroid dienone is 3. The first-order valence-corrected chi connectivity index (χ1v) is 3.96.